The van der Waals surface area contributed by atoms with Crippen LogP contribution in [0.2, 0.25) is 0 Å². The molecule has 0 bridgehead atoms. The van der Waals surface area contributed by atoms with Crippen molar-refractivity contribution in [3.63, 3.8) is 0 Å². The van der Waals surface area contributed by atoms with Crippen molar-refractivity contribution in [1.29, 1.82) is 0 Å². The van der Waals surface area contributed by atoms with Crippen molar-refractivity contribution < 1.29 is 0 Å². The number of nitrogens with one attached hydrogen (secondary N) is 1. The summed E-state index contributed by atoms with van der Waals surface area (Å²) in [6.45, 7) is 5.47. The van der Waals surface area contributed by atoms with Crippen molar-refractivity contribution in [2.45, 2.75) is 26.9 Å². The van der Waals surface area contributed by atoms with E-state index in [2.05, 4.69) is 20.4 Å². The van der Waals surface area contributed by atoms with E-state index in [1.807, 2.05) is 31.8 Å². The molecule has 1 N–H and O–H groups in total. The van der Waals surface area contributed by atoms with Gasteiger partial charge >= 0.3 is 0 Å². The second-order valence-corrected chi connectivity index (χ2v) is 4.17. The average Bonchev–Trinajstić information content (AvgIpc) is 2.60. The third-order valence-electron chi connectivity index (χ3n) is 2.57. The van der Waals surface area contributed by atoms with Crippen molar-refractivity contribution in [2.24, 2.45) is 7.05 Å². The van der Waals surface area contributed by atoms with Crippen molar-refractivity contribution in [2.75, 3.05) is 0 Å². The highest BCUT2D eigenvalue weighted by Crippen LogP contribution is 2.04. The molecule has 0 radical (unpaired) electrons. The predicted molar refractivity (Wildman–Crippen MR) is 65.3 cm³/mol. The number of aromatic nitrogens is 4. The van der Waals surface area contributed by atoms with E-state index >= 15 is 0 Å². The third-order valence-corrected chi connectivity index (χ3v) is 2.57. The first kappa shape index (κ1) is 11.7. The summed E-state index contributed by atoms with van der Waals surface area (Å²) in [7, 11) is 1.93. The number of aryl methyl sites for hydroxylation is 3. The van der Waals surface area contributed by atoms with Gasteiger partial charge in [-0.15, -0.1) is 0 Å². The lowest BCUT2D eigenvalue weighted by Crippen LogP contribution is -2.14. The maximum Gasteiger partial charge on any atom is 0.0724 e. The molecular formula is C12H17N5. The minimum absolute atomic E-state index is 0.724. The number of hydrogen-bond donors (Lipinski definition) is 1. The molecule has 0 aliphatic heterocycles. The van der Waals surface area contributed by atoms with Gasteiger partial charge in [-0.2, -0.15) is 5.10 Å². The fourth-order valence-corrected chi connectivity index (χ4v) is 1.66. The molecule has 0 fully saturated rings. The standard InChI is InChI=1S/C12H17N5/c1-9-4-15-12(7-14-9)6-13-5-11-8-17(3)16-10(11)2/h4,7-8,13H,5-6H2,1-3H3. The van der Waals surface area contributed by atoms with Gasteiger partial charge in [0, 0.05) is 44.3 Å². The summed E-state index contributed by atoms with van der Waals surface area (Å²) in [6, 6.07) is 0. The topological polar surface area (TPSA) is 55.6 Å². The summed E-state index contributed by atoms with van der Waals surface area (Å²) in [4.78, 5) is 8.50. The summed E-state index contributed by atoms with van der Waals surface area (Å²) in [5, 5.41) is 7.63. The van der Waals surface area contributed by atoms with E-state index in [0.717, 1.165) is 30.2 Å². The fourth-order valence-electron chi connectivity index (χ4n) is 1.66. The molecule has 0 amide bonds. The summed E-state index contributed by atoms with van der Waals surface area (Å²) < 4.78 is 1.83. The molecule has 2 heterocycles. The monoisotopic (exact) mass is 231 g/mol. The average molecular weight is 231 g/mol. The highest BCUT2D eigenvalue weighted by Gasteiger charge is 2.02. The number of rotatable bonds is 4. The largest absolute Gasteiger partial charge is 0.307 e. The number of hydrogen-bond acceptors (Lipinski definition) is 4. The Morgan fingerprint density at radius 1 is 1.18 bits per heavy atom. The zero-order valence-electron chi connectivity index (χ0n) is 10.4. The fraction of sp³-hybridized carbons (Fsp3) is 0.417. The van der Waals surface area contributed by atoms with Crippen LogP contribution in [0, 0.1) is 13.8 Å². The molecule has 2 rings (SSSR count). The van der Waals surface area contributed by atoms with Gasteiger partial charge in [0.2, 0.25) is 0 Å². The Bertz CT molecular complexity index is 486. The molecule has 0 spiro atoms. The minimum atomic E-state index is 0.724. The summed E-state index contributed by atoms with van der Waals surface area (Å²) in [6.07, 6.45) is 5.62. The van der Waals surface area contributed by atoms with E-state index in [1.165, 1.54) is 5.56 Å². The minimum Gasteiger partial charge on any atom is -0.307 e. The van der Waals surface area contributed by atoms with Crippen LogP contribution in [0.15, 0.2) is 18.6 Å². The van der Waals surface area contributed by atoms with Crippen LogP contribution < -0.4 is 5.32 Å². The molecule has 2 aromatic heterocycles. The SMILES string of the molecule is Cc1cnc(CNCc2cn(C)nc2C)cn1. The van der Waals surface area contributed by atoms with E-state index in [-0.39, 0.29) is 0 Å². The Labute approximate surface area is 101 Å². The molecule has 0 aromatic carbocycles. The van der Waals surface area contributed by atoms with E-state index in [1.54, 1.807) is 12.4 Å². The summed E-state index contributed by atoms with van der Waals surface area (Å²) in [5.74, 6) is 0. The van der Waals surface area contributed by atoms with Crippen LogP contribution in [0.5, 0.6) is 0 Å². The van der Waals surface area contributed by atoms with E-state index in [4.69, 9.17) is 0 Å². The van der Waals surface area contributed by atoms with Crippen LogP contribution in [0.3, 0.4) is 0 Å². The van der Waals surface area contributed by atoms with Crippen molar-refractivity contribution in [1.82, 2.24) is 25.1 Å². The Balaban J connectivity index is 1.87. The van der Waals surface area contributed by atoms with Crippen LogP contribution in [-0.2, 0) is 20.1 Å². The second kappa shape index (κ2) is 5.05. The van der Waals surface area contributed by atoms with Crippen molar-refractivity contribution >= 4 is 0 Å². The van der Waals surface area contributed by atoms with E-state index in [0.29, 0.717) is 0 Å². The second-order valence-electron chi connectivity index (χ2n) is 4.17. The van der Waals surface area contributed by atoms with Gasteiger partial charge in [-0.05, 0) is 13.8 Å². The van der Waals surface area contributed by atoms with Crippen molar-refractivity contribution in [3.05, 3.63) is 41.2 Å². The molecule has 90 valence electrons. The van der Waals surface area contributed by atoms with Gasteiger partial charge in [0.15, 0.2) is 0 Å². The van der Waals surface area contributed by atoms with E-state index < -0.39 is 0 Å². The molecule has 2 aromatic rings. The lowest BCUT2D eigenvalue weighted by Gasteiger charge is -2.03. The molecule has 0 unspecified atom stereocenters. The molecule has 0 aliphatic rings. The number of nitrogens with zero attached hydrogens (tertiary/aromatic N) is 4. The van der Waals surface area contributed by atoms with Gasteiger partial charge in [0.1, 0.15) is 0 Å². The van der Waals surface area contributed by atoms with Gasteiger partial charge < -0.3 is 5.32 Å². The highest BCUT2D eigenvalue weighted by atomic mass is 15.2. The Morgan fingerprint density at radius 2 is 2.00 bits per heavy atom. The lowest BCUT2D eigenvalue weighted by atomic mass is 10.2. The van der Waals surface area contributed by atoms with Gasteiger partial charge in [-0.3, -0.25) is 14.6 Å². The first-order valence-electron chi connectivity index (χ1n) is 5.62. The summed E-state index contributed by atoms with van der Waals surface area (Å²) in [5.41, 5.74) is 4.18. The van der Waals surface area contributed by atoms with Crippen LogP contribution in [0.25, 0.3) is 0 Å². The van der Waals surface area contributed by atoms with E-state index in [9.17, 15) is 0 Å². The molecule has 0 saturated carbocycles. The first-order chi connectivity index (χ1) is 8.15. The predicted octanol–water partition coefficient (Wildman–Crippen LogP) is 1.12. The van der Waals surface area contributed by atoms with Gasteiger partial charge in [-0.25, -0.2) is 0 Å². The Hall–Kier alpha value is -1.75. The van der Waals surface area contributed by atoms with Crippen LogP contribution >= 0.6 is 0 Å². The lowest BCUT2D eigenvalue weighted by molar-refractivity contribution is 0.673. The maximum absolute atomic E-state index is 4.30. The maximum atomic E-state index is 4.30. The normalized spacial score (nSPS) is 10.8. The molecule has 0 atom stereocenters. The van der Waals surface area contributed by atoms with Gasteiger partial charge in [0.25, 0.3) is 0 Å². The summed E-state index contributed by atoms with van der Waals surface area (Å²) >= 11 is 0. The Morgan fingerprint density at radius 3 is 2.59 bits per heavy atom. The molecular weight excluding hydrogens is 214 g/mol. The molecule has 17 heavy (non-hydrogen) atoms. The zero-order valence-corrected chi connectivity index (χ0v) is 10.4. The third kappa shape index (κ3) is 3.10. The highest BCUT2D eigenvalue weighted by molar-refractivity contribution is 5.15. The molecule has 0 aliphatic carbocycles. The molecule has 5 heteroatoms. The molecule has 0 saturated heterocycles. The zero-order chi connectivity index (χ0) is 12.3. The van der Waals surface area contributed by atoms with Crippen LogP contribution in [0.1, 0.15) is 22.6 Å². The van der Waals surface area contributed by atoms with Gasteiger partial charge in [-0.1, -0.05) is 0 Å². The Kier molecular flexibility index (Phi) is 3.49. The first-order valence-corrected chi connectivity index (χ1v) is 5.62. The quantitative estimate of drug-likeness (QED) is 0.856. The molecule has 5 nitrogen and oxygen atoms in total. The van der Waals surface area contributed by atoms with Crippen molar-refractivity contribution in [3.8, 4) is 0 Å². The van der Waals surface area contributed by atoms with Crippen LogP contribution in [0.4, 0.5) is 0 Å². The smallest absolute Gasteiger partial charge is 0.0724 e. The van der Waals surface area contributed by atoms with Crippen LogP contribution in [-0.4, -0.2) is 19.7 Å². The van der Waals surface area contributed by atoms with Gasteiger partial charge in [0.05, 0.1) is 17.1 Å².